The number of hydrogen-bond donors (Lipinski definition) is 0. The van der Waals surface area contributed by atoms with E-state index >= 15 is 0 Å². The van der Waals surface area contributed by atoms with Crippen molar-refractivity contribution in [2.75, 3.05) is 20.2 Å². The van der Waals surface area contributed by atoms with Gasteiger partial charge in [-0.25, -0.2) is 0 Å². The minimum atomic E-state index is -0.568. The van der Waals surface area contributed by atoms with Gasteiger partial charge in [-0.3, -0.25) is 19.7 Å². The molecular weight excluding hydrogens is 276 g/mol. The van der Waals surface area contributed by atoms with Gasteiger partial charge in [0.05, 0.1) is 18.0 Å². The SMILES string of the molecule is CCOC(=O)CCN(C)C(=O)c1cccc(C)c1[N+](=O)[O-]. The number of carbonyl (C=O) groups is 2. The number of aryl methyl sites for hydroxylation is 1. The molecule has 1 rings (SSSR count). The minimum Gasteiger partial charge on any atom is -0.466 e. The van der Waals surface area contributed by atoms with Gasteiger partial charge >= 0.3 is 5.97 Å². The molecule has 0 N–H and O–H groups in total. The third kappa shape index (κ3) is 4.27. The zero-order valence-electron chi connectivity index (χ0n) is 12.3. The maximum Gasteiger partial charge on any atom is 0.307 e. The topological polar surface area (TPSA) is 89.8 Å². The first-order chi connectivity index (χ1) is 9.88. The van der Waals surface area contributed by atoms with Gasteiger partial charge in [0, 0.05) is 19.2 Å². The fourth-order valence-electron chi connectivity index (χ4n) is 1.87. The Hall–Kier alpha value is -2.44. The molecular formula is C14H18N2O5. The second-order valence-corrected chi connectivity index (χ2v) is 4.51. The van der Waals surface area contributed by atoms with Crippen LogP contribution in [0.3, 0.4) is 0 Å². The van der Waals surface area contributed by atoms with Gasteiger partial charge < -0.3 is 9.64 Å². The molecule has 7 nitrogen and oxygen atoms in total. The predicted molar refractivity (Wildman–Crippen MR) is 76.0 cm³/mol. The Kier molecular flexibility index (Phi) is 5.83. The number of carbonyl (C=O) groups excluding carboxylic acids is 2. The molecule has 0 fully saturated rings. The van der Waals surface area contributed by atoms with Crippen molar-refractivity contribution in [1.29, 1.82) is 0 Å². The summed E-state index contributed by atoms with van der Waals surface area (Å²) in [7, 11) is 1.49. The van der Waals surface area contributed by atoms with E-state index in [-0.39, 0.29) is 30.8 Å². The van der Waals surface area contributed by atoms with Gasteiger partial charge in [-0.15, -0.1) is 0 Å². The normalized spacial score (nSPS) is 10.0. The molecule has 0 aliphatic rings. The molecule has 0 atom stereocenters. The fourth-order valence-corrected chi connectivity index (χ4v) is 1.87. The van der Waals surface area contributed by atoms with Crippen molar-refractivity contribution in [3.8, 4) is 0 Å². The lowest BCUT2D eigenvalue weighted by Gasteiger charge is -2.17. The Labute approximate surface area is 122 Å². The number of ether oxygens (including phenoxy) is 1. The quantitative estimate of drug-likeness (QED) is 0.454. The van der Waals surface area contributed by atoms with Gasteiger partial charge in [0.25, 0.3) is 11.6 Å². The number of benzene rings is 1. The number of rotatable bonds is 6. The Balaban J connectivity index is 2.86. The van der Waals surface area contributed by atoms with Crippen LogP contribution in [0.25, 0.3) is 0 Å². The van der Waals surface area contributed by atoms with E-state index in [9.17, 15) is 19.7 Å². The summed E-state index contributed by atoms with van der Waals surface area (Å²) in [6.07, 6.45) is 0.0513. The number of nitro groups is 1. The largest absolute Gasteiger partial charge is 0.466 e. The molecule has 114 valence electrons. The molecule has 1 aromatic rings. The lowest BCUT2D eigenvalue weighted by atomic mass is 10.1. The van der Waals surface area contributed by atoms with Gasteiger partial charge in [0.1, 0.15) is 5.56 Å². The lowest BCUT2D eigenvalue weighted by molar-refractivity contribution is -0.385. The number of esters is 1. The van der Waals surface area contributed by atoms with E-state index in [2.05, 4.69) is 0 Å². The maximum absolute atomic E-state index is 12.3. The second-order valence-electron chi connectivity index (χ2n) is 4.51. The Bertz CT molecular complexity index is 556. The van der Waals surface area contributed by atoms with Crippen LogP contribution >= 0.6 is 0 Å². The van der Waals surface area contributed by atoms with Crippen molar-refractivity contribution < 1.29 is 19.2 Å². The van der Waals surface area contributed by atoms with Crippen molar-refractivity contribution in [2.24, 2.45) is 0 Å². The summed E-state index contributed by atoms with van der Waals surface area (Å²) in [5.41, 5.74) is 0.237. The summed E-state index contributed by atoms with van der Waals surface area (Å²) >= 11 is 0. The molecule has 0 aliphatic carbocycles. The van der Waals surface area contributed by atoms with Crippen molar-refractivity contribution in [2.45, 2.75) is 20.3 Å². The third-order valence-corrected chi connectivity index (χ3v) is 2.95. The Morgan fingerprint density at radius 1 is 1.38 bits per heavy atom. The van der Waals surface area contributed by atoms with Crippen LogP contribution in [0.4, 0.5) is 5.69 Å². The van der Waals surface area contributed by atoms with Crippen LogP contribution in [0.2, 0.25) is 0 Å². The summed E-state index contributed by atoms with van der Waals surface area (Å²) in [5.74, 6) is -0.898. The highest BCUT2D eigenvalue weighted by atomic mass is 16.6. The van der Waals surface area contributed by atoms with E-state index in [1.54, 1.807) is 26.0 Å². The summed E-state index contributed by atoms with van der Waals surface area (Å²) in [4.78, 5) is 35.3. The molecule has 1 amide bonds. The van der Waals surface area contributed by atoms with Crippen molar-refractivity contribution >= 4 is 17.6 Å². The van der Waals surface area contributed by atoms with Gasteiger partial charge in [-0.2, -0.15) is 0 Å². The Morgan fingerprint density at radius 2 is 2.05 bits per heavy atom. The molecule has 0 unspecified atom stereocenters. The maximum atomic E-state index is 12.3. The van der Waals surface area contributed by atoms with Gasteiger partial charge in [-0.05, 0) is 19.9 Å². The highest BCUT2D eigenvalue weighted by Crippen LogP contribution is 2.24. The summed E-state index contributed by atoms with van der Waals surface area (Å²) < 4.78 is 4.77. The third-order valence-electron chi connectivity index (χ3n) is 2.95. The van der Waals surface area contributed by atoms with E-state index < -0.39 is 16.8 Å². The van der Waals surface area contributed by atoms with Gasteiger partial charge in [0.15, 0.2) is 0 Å². The minimum absolute atomic E-state index is 0.0198. The number of amides is 1. The zero-order chi connectivity index (χ0) is 16.0. The molecule has 0 heterocycles. The second kappa shape index (κ2) is 7.37. The van der Waals surface area contributed by atoms with Gasteiger partial charge in [-0.1, -0.05) is 12.1 Å². The van der Waals surface area contributed by atoms with Crippen LogP contribution in [0.15, 0.2) is 18.2 Å². The molecule has 0 saturated heterocycles. The average molecular weight is 294 g/mol. The summed E-state index contributed by atoms with van der Waals surface area (Å²) in [6, 6.07) is 4.58. The van der Waals surface area contributed by atoms with Crippen molar-refractivity contribution in [3.63, 3.8) is 0 Å². The van der Waals surface area contributed by atoms with Crippen LogP contribution in [0.1, 0.15) is 29.3 Å². The number of nitro benzene ring substituents is 1. The molecule has 0 radical (unpaired) electrons. The van der Waals surface area contributed by atoms with Crippen LogP contribution in [-0.4, -0.2) is 41.9 Å². The highest BCUT2D eigenvalue weighted by Gasteiger charge is 2.24. The predicted octanol–water partition coefficient (Wildman–Crippen LogP) is 1.93. The standard InChI is InChI=1S/C14H18N2O5/c1-4-21-12(17)8-9-15(3)14(18)11-7-5-6-10(2)13(11)16(19)20/h5-7H,4,8-9H2,1-3H3. The number of para-hydroxylation sites is 1. The van der Waals surface area contributed by atoms with E-state index in [0.717, 1.165) is 0 Å². The molecule has 0 saturated carbocycles. The monoisotopic (exact) mass is 294 g/mol. The molecule has 0 bridgehead atoms. The average Bonchev–Trinajstić information content (AvgIpc) is 2.43. The lowest BCUT2D eigenvalue weighted by Crippen LogP contribution is -2.30. The van der Waals surface area contributed by atoms with Crippen LogP contribution in [0.5, 0.6) is 0 Å². The fraction of sp³-hybridized carbons (Fsp3) is 0.429. The van der Waals surface area contributed by atoms with E-state index in [1.165, 1.54) is 18.0 Å². The van der Waals surface area contributed by atoms with Crippen LogP contribution in [-0.2, 0) is 9.53 Å². The number of nitrogens with zero attached hydrogens (tertiary/aromatic N) is 2. The summed E-state index contributed by atoms with van der Waals surface area (Å²) in [5, 5.41) is 11.1. The molecule has 0 spiro atoms. The molecule has 21 heavy (non-hydrogen) atoms. The molecule has 0 aliphatic heterocycles. The number of hydrogen-bond acceptors (Lipinski definition) is 5. The summed E-state index contributed by atoms with van der Waals surface area (Å²) in [6.45, 7) is 3.69. The zero-order valence-corrected chi connectivity index (χ0v) is 12.3. The first kappa shape index (κ1) is 16.6. The van der Waals surface area contributed by atoms with Crippen molar-refractivity contribution in [1.82, 2.24) is 4.90 Å². The first-order valence-electron chi connectivity index (χ1n) is 6.53. The van der Waals surface area contributed by atoms with E-state index in [0.29, 0.717) is 5.56 Å². The molecule has 7 heteroatoms. The molecule has 0 aromatic heterocycles. The van der Waals surface area contributed by atoms with Crippen molar-refractivity contribution in [3.05, 3.63) is 39.4 Å². The smallest absolute Gasteiger partial charge is 0.307 e. The highest BCUT2D eigenvalue weighted by molar-refractivity contribution is 5.98. The van der Waals surface area contributed by atoms with Gasteiger partial charge in [0.2, 0.25) is 0 Å². The van der Waals surface area contributed by atoms with E-state index in [4.69, 9.17) is 4.74 Å². The first-order valence-corrected chi connectivity index (χ1v) is 6.53. The Morgan fingerprint density at radius 3 is 2.62 bits per heavy atom. The van der Waals surface area contributed by atoms with Crippen LogP contribution < -0.4 is 0 Å². The molecule has 1 aromatic carbocycles. The van der Waals surface area contributed by atoms with E-state index in [1.807, 2.05) is 0 Å². The van der Waals surface area contributed by atoms with Crippen LogP contribution in [0, 0.1) is 17.0 Å².